The Labute approximate surface area is 218 Å². The number of fused-ring (bicyclic) bond motifs is 1. The Morgan fingerprint density at radius 1 is 1.10 bits per heavy atom. The molecule has 4 rings (SSSR count). The van der Waals surface area contributed by atoms with Crippen LogP contribution in [0.1, 0.15) is 19.0 Å². The second kappa shape index (κ2) is 12.3. The molecule has 0 spiro atoms. The van der Waals surface area contributed by atoms with Crippen molar-refractivity contribution in [2.24, 2.45) is 0 Å². The average molecular weight is 564 g/mol. The molecule has 1 fully saturated rings. The predicted octanol–water partition coefficient (Wildman–Crippen LogP) is 3.21. The molecule has 17 heteroatoms. The van der Waals surface area contributed by atoms with Gasteiger partial charge in [0.1, 0.15) is 35.5 Å². The molecule has 1 atom stereocenters. The molecule has 1 aliphatic heterocycles. The number of rotatable bonds is 11. The molecule has 0 aliphatic carbocycles. The van der Waals surface area contributed by atoms with Crippen molar-refractivity contribution in [3.63, 3.8) is 0 Å². The molecule has 1 aliphatic rings. The first-order chi connectivity index (χ1) is 18.5. The Hall–Kier alpha value is -3.31. The molecule has 2 N–H and O–H groups in total. The summed E-state index contributed by atoms with van der Waals surface area (Å²) in [4.78, 5) is 19.3. The van der Waals surface area contributed by atoms with Crippen LogP contribution in [0.5, 0.6) is 0 Å². The number of anilines is 3. The summed E-state index contributed by atoms with van der Waals surface area (Å²) in [5.74, 6) is 0.982. The molecule has 4 heterocycles. The highest BCUT2D eigenvalue weighted by Gasteiger charge is 2.29. The lowest BCUT2D eigenvalue weighted by Gasteiger charge is -2.32. The molecule has 1 saturated heterocycles. The minimum atomic E-state index is -4.50. The number of halogens is 6. The molecular weight excluding hydrogens is 536 g/mol. The van der Waals surface area contributed by atoms with E-state index < -0.39 is 32.0 Å². The Bertz CT molecular complexity index is 1220. The predicted molar refractivity (Wildman–Crippen MR) is 128 cm³/mol. The van der Waals surface area contributed by atoms with E-state index in [4.69, 9.17) is 9.47 Å². The molecule has 11 nitrogen and oxygen atoms in total. The molecule has 0 bridgehead atoms. The fraction of sp³-hybridized carbons (Fsp3) is 0.591. The lowest BCUT2D eigenvalue weighted by Crippen LogP contribution is -2.49. The Morgan fingerprint density at radius 3 is 2.62 bits per heavy atom. The van der Waals surface area contributed by atoms with E-state index in [1.165, 1.54) is 17.2 Å². The second-order valence-corrected chi connectivity index (χ2v) is 8.85. The van der Waals surface area contributed by atoms with Crippen molar-refractivity contribution in [3.8, 4) is 0 Å². The summed E-state index contributed by atoms with van der Waals surface area (Å²) in [6.45, 7) is 1.10. The maximum atomic E-state index is 12.6. The zero-order valence-corrected chi connectivity index (χ0v) is 20.9. The third-order valence-corrected chi connectivity index (χ3v) is 5.61. The lowest BCUT2D eigenvalue weighted by atomic mass is 10.2. The minimum Gasteiger partial charge on any atom is -0.375 e. The van der Waals surface area contributed by atoms with Gasteiger partial charge in [-0.05, 0) is 13.0 Å². The van der Waals surface area contributed by atoms with Crippen molar-refractivity contribution in [2.45, 2.75) is 44.9 Å². The monoisotopic (exact) mass is 563 g/mol. The van der Waals surface area contributed by atoms with Gasteiger partial charge in [-0.15, -0.1) is 0 Å². The van der Waals surface area contributed by atoms with E-state index >= 15 is 0 Å². The van der Waals surface area contributed by atoms with Gasteiger partial charge in [0.15, 0.2) is 5.82 Å². The van der Waals surface area contributed by atoms with Crippen LogP contribution < -0.4 is 15.5 Å². The van der Waals surface area contributed by atoms with Crippen molar-refractivity contribution < 1.29 is 35.8 Å². The fourth-order valence-corrected chi connectivity index (χ4v) is 3.91. The van der Waals surface area contributed by atoms with Crippen molar-refractivity contribution in [1.29, 1.82) is 0 Å². The molecule has 214 valence electrons. The molecule has 0 aromatic carbocycles. The van der Waals surface area contributed by atoms with Gasteiger partial charge in [-0.3, -0.25) is 4.68 Å². The number of hydrogen-bond acceptors (Lipinski definition) is 10. The van der Waals surface area contributed by atoms with Crippen LogP contribution in [0.15, 0.2) is 18.6 Å². The largest absolute Gasteiger partial charge is 0.411 e. The molecule has 0 amide bonds. The fourth-order valence-electron chi connectivity index (χ4n) is 3.91. The highest BCUT2D eigenvalue weighted by atomic mass is 19.4. The standard InChI is InChI=1S/C22H27F6N9O2/c1-14-10-36(6-5-30-14)20-33-17-15(11-38-8-3-21(23,24)25)35-37(7-9-39-12-22(26,27)28)18(17)19(34-20)32-16-2-4-29-13-31-16/h2,4,13-14,30H,3,5-12H2,1H3,(H,29,31,32,33,34)/t14-/m0/s1. The van der Waals surface area contributed by atoms with E-state index in [0.29, 0.717) is 36.9 Å². The minimum absolute atomic E-state index is 0.110. The quantitative estimate of drug-likeness (QED) is 0.266. The normalized spacial score (nSPS) is 16.7. The number of ether oxygens (including phenoxy) is 2. The van der Waals surface area contributed by atoms with Crippen LogP contribution in [0, 0.1) is 0 Å². The number of aromatic nitrogens is 6. The number of nitrogens with one attached hydrogen (secondary N) is 2. The van der Waals surface area contributed by atoms with Crippen LogP contribution >= 0.6 is 0 Å². The van der Waals surface area contributed by atoms with Gasteiger partial charge in [0.05, 0.1) is 32.8 Å². The number of alkyl halides is 6. The maximum Gasteiger partial charge on any atom is 0.411 e. The first-order valence-electron chi connectivity index (χ1n) is 12.1. The van der Waals surface area contributed by atoms with Crippen molar-refractivity contribution in [2.75, 3.05) is 49.7 Å². The third kappa shape index (κ3) is 8.34. The van der Waals surface area contributed by atoms with Crippen LogP contribution in [0.3, 0.4) is 0 Å². The summed E-state index contributed by atoms with van der Waals surface area (Å²) >= 11 is 0. The van der Waals surface area contributed by atoms with Gasteiger partial charge in [0.25, 0.3) is 0 Å². The van der Waals surface area contributed by atoms with E-state index in [1.54, 1.807) is 6.07 Å². The van der Waals surface area contributed by atoms with Gasteiger partial charge >= 0.3 is 12.4 Å². The summed E-state index contributed by atoms with van der Waals surface area (Å²) in [7, 11) is 0. The van der Waals surface area contributed by atoms with Gasteiger partial charge in [0, 0.05) is 31.9 Å². The molecule has 0 saturated carbocycles. The van der Waals surface area contributed by atoms with Crippen LogP contribution in [0.25, 0.3) is 11.0 Å². The van der Waals surface area contributed by atoms with E-state index in [1.807, 2.05) is 11.8 Å². The maximum absolute atomic E-state index is 12.6. The second-order valence-electron chi connectivity index (χ2n) is 8.85. The topological polar surface area (TPSA) is 115 Å². The molecule has 0 radical (unpaired) electrons. The molecular formula is C22H27F6N9O2. The third-order valence-electron chi connectivity index (χ3n) is 5.61. The van der Waals surface area contributed by atoms with E-state index in [9.17, 15) is 26.3 Å². The van der Waals surface area contributed by atoms with Crippen molar-refractivity contribution >= 4 is 28.6 Å². The van der Waals surface area contributed by atoms with Crippen LogP contribution in [-0.2, 0) is 22.6 Å². The van der Waals surface area contributed by atoms with Gasteiger partial charge < -0.3 is 25.0 Å². The van der Waals surface area contributed by atoms with Crippen molar-refractivity contribution in [3.05, 3.63) is 24.3 Å². The summed E-state index contributed by atoms with van der Waals surface area (Å²) in [5.41, 5.74) is 0.803. The summed E-state index contributed by atoms with van der Waals surface area (Å²) < 4.78 is 86.8. The SMILES string of the molecule is C[C@H]1CN(c2nc(Nc3ccncn3)c3c(n2)c(COCCC(F)(F)F)nn3CCOCC(F)(F)F)CCN1. The van der Waals surface area contributed by atoms with Crippen LogP contribution in [0.2, 0.25) is 0 Å². The lowest BCUT2D eigenvalue weighted by molar-refractivity contribution is -0.174. The van der Waals surface area contributed by atoms with Crippen molar-refractivity contribution in [1.82, 2.24) is 35.0 Å². The summed E-state index contributed by atoms with van der Waals surface area (Å²) in [6, 6.07) is 1.74. The van der Waals surface area contributed by atoms with Gasteiger partial charge in [-0.25, -0.2) is 15.0 Å². The Kier molecular flexibility index (Phi) is 9.01. The van der Waals surface area contributed by atoms with Gasteiger partial charge in [0.2, 0.25) is 5.95 Å². The number of hydrogen-bond donors (Lipinski definition) is 2. The van der Waals surface area contributed by atoms with E-state index in [0.717, 1.165) is 0 Å². The number of nitrogens with zero attached hydrogens (tertiary/aromatic N) is 7. The van der Waals surface area contributed by atoms with Crippen LogP contribution in [0.4, 0.5) is 43.9 Å². The molecule has 3 aromatic heterocycles. The van der Waals surface area contributed by atoms with Crippen LogP contribution in [-0.4, -0.2) is 87.6 Å². The molecule has 39 heavy (non-hydrogen) atoms. The van der Waals surface area contributed by atoms with E-state index in [2.05, 4.69) is 35.7 Å². The highest BCUT2D eigenvalue weighted by Crippen LogP contribution is 2.29. The molecule has 3 aromatic rings. The number of piperazine rings is 1. The zero-order chi connectivity index (χ0) is 28.0. The van der Waals surface area contributed by atoms with E-state index in [-0.39, 0.29) is 42.8 Å². The summed E-state index contributed by atoms with van der Waals surface area (Å²) in [6.07, 6.45) is -7.20. The first-order valence-corrected chi connectivity index (χ1v) is 12.1. The van der Waals surface area contributed by atoms with Gasteiger partial charge in [-0.1, -0.05) is 0 Å². The molecule has 0 unspecified atom stereocenters. The average Bonchev–Trinajstić information content (AvgIpc) is 3.22. The zero-order valence-electron chi connectivity index (χ0n) is 20.9. The first kappa shape index (κ1) is 28.7. The summed E-state index contributed by atoms with van der Waals surface area (Å²) in [5, 5.41) is 10.8. The smallest absolute Gasteiger partial charge is 0.375 e. The highest BCUT2D eigenvalue weighted by molar-refractivity contribution is 5.90. The van der Waals surface area contributed by atoms with Gasteiger partial charge in [-0.2, -0.15) is 36.4 Å². The Morgan fingerprint density at radius 2 is 1.92 bits per heavy atom. The Balaban J connectivity index is 1.71.